The molecule has 1 heterocycles. The van der Waals surface area contributed by atoms with Gasteiger partial charge in [-0.25, -0.2) is 4.98 Å². The van der Waals surface area contributed by atoms with Crippen LogP contribution >= 0.6 is 11.3 Å². The molecule has 0 aromatic carbocycles. The fraction of sp³-hybridized carbons (Fsp3) is 0.714. The summed E-state index contributed by atoms with van der Waals surface area (Å²) >= 11 is 1.29. The Kier molecular flexibility index (Phi) is 4.99. The predicted molar refractivity (Wildman–Crippen MR) is 80.0 cm³/mol. The quantitative estimate of drug-likeness (QED) is 0.847. The summed E-state index contributed by atoms with van der Waals surface area (Å²) in [5.74, 6) is 0.414. The van der Waals surface area contributed by atoms with Crippen molar-refractivity contribution in [3.8, 4) is 5.88 Å². The van der Waals surface area contributed by atoms with Crippen LogP contribution in [0.4, 0.5) is 0 Å². The SMILES string of the molecule is Cc1nc(OC(C2CCCCC2)N(C)C)c(C(N)=O)s1. The number of amides is 1. The first kappa shape index (κ1) is 15.3. The topological polar surface area (TPSA) is 68.4 Å². The summed E-state index contributed by atoms with van der Waals surface area (Å²) in [6, 6.07) is 0. The van der Waals surface area contributed by atoms with Crippen LogP contribution in [-0.2, 0) is 0 Å². The molecule has 0 spiro atoms. The second-order valence-electron chi connectivity index (χ2n) is 5.60. The van der Waals surface area contributed by atoms with Crippen LogP contribution in [0.5, 0.6) is 5.88 Å². The van der Waals surface area contributed by atoms with Crippen LogP contribution in [0.25, 0.3) is 0 Å². The molecule has 6 heteroatoms. The van der Waals surface area contributed by atoms with Gasteiger partial charge in [0, 0.05) is 5.92 Å². The van der Waals surface area contributed by atoms with Gasteiger partial charge in [0.15, 0.2) is 11.1 Å². The van der Waals surface area contributed by atoms with Crippen molar-refractivity contribution in [2.75, 3.05) is 14.1 Å². The van der Waals surface area contributed by atoms with E-state index in [1.54, 1.807) is 0 Å². The van der Waals surface area contributed by atoms with Crippen LogP contribution in [0, 0.1) is 12.8 Å². The number of carbonyl (C=O) groups is 1. The van der Waals surface area contributed by atoms with Gasteiger partial charge in [-0.05, 0) is 33.9 Å². The zero-order chi connectivity index (χ0) is 14.7. The summed E-state index contributed by atoms with van der Waals surface area (Å²) in [7, 11) is 4.00. The standard InChI is InChI=1S/C14H23N3O2S/c1-9-16-13(11(20-9)12(15)18)19-14(17(2)3)10-7-5-4-6-8-10/h10,14H,4-8H2,1-3H3,(H2,15,18). The lowest BCUT2D eigenvalue weighted by Gasteiger charge is -2.34. The third-order valence-electron chi connectivity index (χ3n) is 3.72. The van der Waals surface area contributed by atoms with Crippen molar-refractivity contribution in [2.45, 2.75) is 45.3 Å². The molecule has 0 radical (unpaired) electrons. The van der Waals surface area contributed by atoms with Gasteiger partial charge in [-0.1, -0.05) is 19.3 Å². The van der Waals surface area contributed by atoms with Crippen molar-refractivity contribution in [2.24, 2.45) is 11.7 Å². The van der Waals surface area contributed by atoms with E-state index in [1.807, 2.05) is 21.0 Å². The maximum absolute atomic E-state index is 11.5. The zero-order valence-corrected chi connectivity index (χ0v) is 13.2. The average molecular weight is 297 g/mol. The summed E-state index contributed by atoms with van der Waals surface area (Å²) in [6.07, 6.45) is 6.08. The fourth-order valence-corrected chi connectivity index (χ4v) is 3.51. The van der Waals surface area contributed by atoms with E-state index in [-0.39, 0.29) is 6.23 Å². The number of primary amides is 1. The van der Waals surface area contributed by atoms with Crippen LogP contribution < -0.4 is 10.5 Å². The molecule has 1 aliphatic carbocycles. The monoisotopic (exact) mass is 297 g/mol. The third kappa shape index (κ3) is 3.49. The van der Waals surface area contributed by atoms with E-state index in [2.05, 4.69) is 9.88 Å². The lowest BCUT2D eigenvalue weighted by atomic mass is 9.87. The third-order valence-corrected chi connectivity index (χ3v) is 4.69. The summed E-state index contributed by atoms with van der Waals surface area (Å²) in [4.78, 5) is 18.3. The smallest absolute Gasteiger partial charge is 0.264 e. The molecule has 1 aromatic rings. The number of nitrogens with two attached hydrogens (primary N) is 1. The number of hydrogen-bond donors (Lipinski definition) is 1. The van der Waals surface area contributed by atoms with Gasteiger partial charge in [-0.15, -0.1) is 11.3 Å². The van der Waals surface area contributed by atoms with Crippen LogP contribution in [-0.4, -0.2) is 36.1 Å². The lowest BCUT2D eigenvalue weighted by molar-refractivity contribution is -0.00467. The summed E-state index contributed by atoms with van der Waals surface area (Å²) < 4.78 is 6.05. The zero-order valence-electron chi connectivity index (χ0n) is 12.4. The first-order valence-corrected chi connectivity index (χ1v) is 7.91. The lowest BCUT2D eigenvalue weighted by Crippen LogP contribution is -2.41. The number of aryl methyl sites for hydroxylation is 1. The van der Waals surface area contributed by atoms with Gasteiger partial charge in [0.2, 0.25) is 5.88 Å². The van der Waals surface area contributed by atoms with Crippen molar-refractivity contribution < 1.29 is 9.53 Å². The molecule has 1 atom stereocenters. The van der Waals surface area contributed by atoms with E-state index in [0.29, 0.717) is 16.7 Å². The molecule has 1 amide bonds. The number of ether oxygens (including phenoxy) is 1. The molecule has 1 unspecified atom stereocenters. The van der Waals surface area contributed by atoms with E-state index < -0.39 is 5.91 Å². The Balaban J connectivity index is 2.17. The highest BCUT2D eigenvalue weighted by Gasteiger charge is 2.29. The average Bonchev–Trinajstić information content (AvgIpc) is 2.78. The van der Waals surface area contributed by atoms with Crippen LogP contribution in [0.15, 0.2) is 0 Å². The van der Waals surface area contributed by atoms with E-state index in [4.69, 9.17) is 10.5 Å². The second-order valence-corrected chi connectivity index (χ2v) is 6.80. The van der Waals surface area contributed by atoms with Gasteiger partial charge in [-0.2, -0.15) is 0 Å². The van der Waals surface area contributed by atoms with E-state index in [9.17, 15) is 4.79 Å². The minimum Gasteiger partial charge on any atom is -0.457 e. The molecular weight excluding hydrogens is 274 g/mol. The number of aromatic nitrogens is 1. The van der Waals surface area contributed by atoms with Gasteiger partial charge < -0.3 is 10.5 Å². The maximum atomic E-state index is 11.5. The molecule has 0 aliphatic heterocycles. The Morgan fingerprint density at radius 3 is 2.60 bits per heavy atom. The molecule has 1 saturated carbocycles. The maximum Gasteiger partial charge on any atom is 0.264 e. The molecule has 2 N–H and O–H groups in total. The van der Waals surface area contributed by atoms with E-state index in [1.165, 1.54) is 30.6 Å². The Morgan fingerprint density at radius 1 is 1.40 bits per heavy atom. The van der Waals surface area contributed by atoms with Crippen LogP contribution in [0.3, 0.4) is 0 Å². The molecule has 0 bridgehead atoms. The minimum absolute atomic E-state index is 0.0464. The highest BCUT2D eigenvalue weighted by Crippen LogP contribution is 2.32. The Morgan fingerprint density at radius 2 is 2.05 bits per heavy atom. The second kappa shape index (κ2) is 6.54. The first-order chi connectivity index (χ1) is 9.49. The van der Waals surface area contributed by atoms with Crippen molar-refractivity contribution in [3.05, 3.63) is 9.88 Å². The van der Waals surface area contributed by atoms with Crippen molar-refractivity contribution in [1.29, 1.82) is 0 Å². The molecule has 20 heavy (non-hydrogen) atoms. The summed E-state index contributed by atoms with van der Waals surface area (Å²) in [5.41, 5.74) is 5.40. The molecule has 2 rings (SSSR count). The fourth-order valence-electron chi connectivity index (χ4n) is 2.80. The van der Waals surface area contributed by atoms with Crippen molar-refractivity contribution >= 4 is 17.2 Å². The summed E-state index contributed by atoms with van der Waals surface area (Å²) in [6.45, 7) is 1.86. The number of nitrogens with zero attached hydrogens (tertiary/aromatic N) is 2. The van der Waals surface area contributed by atoms with Gasteiger partial charge in [0.25, 0.3) is 5.91 Å². The number of hydrogen-bond acceptors (Lipinski definition) is 5. The highest BCUT2D eigenvalue weighted by molar-refractivity contribution is 7.13. The van der Waals surface area contributed by atoms with Crippen molar-refractivity contribution in [3.63, 3.8) is 0 Å². The Labute approximate surface area is 124 Å². The molecule has 1 aliphatic rings. The van der Waals surface area contributed by atoms with Gasteiger partial charge in [-0.3, -0.25) is 9.69 Å². The first-order valence-electron chi connectivity index (χ1n) is 7.09. The number of rotatable bonds is 5. The minimum atomic E-state index is -0.466. The van der Waals surface area contributed by atoms with Gasteiger partial charge in [0.05, 0.1) is 5.01 Å². The Hall–Kier alpha value is -1.14. The largest absolute Gasteiger partial charge is 0.457 e. The normalized spacial score (nSPS) is 18.2. The molecule has 1 aromatic heterocycles. The van der Waals surface area contributed by atoms with Crippen LogP contribution in [0.2, 0.25) is 0 Å². The summed E-state index contributed by atoms with van der Waals surface area (Å²) in [5, 5.41) is 0.801. The predicted octanol–water partition coefficient (Wildman–Crippen LogP) is 2.40. The molecule has 0 saturated heterocycles. The van der Waals surface area contributed by atoms with E-state index >= 15 is 0 Å². The molecular formula is C14H23N3O2S. The van der Waals surface area contributed by atoms with E-state index in [0.717, 1.165) is 17.8 Å². The van der Waals surface area contributed by atoms with Crippen molar-refractivity contribution in [1.82, 2.24) is 9.88 Å². The number of thiazole rings is 1. The number of carbonyl (C=O) groups excluding carboxylic acids is 1. The molecule has 112 valence electrons. The van der Waals surface area contributed by atoms with Gasteiger partial charge >= 0.3 is 0 Å². The molecule has 5 nitrogen and oxygen atoms in total. The Bertz CT molecular complexity index is 467. The highest BCUT2D eigenvalue weighted by atomic mass is 32.1. The molecule has 1 fully saturated rings. The van der Waals surface area contributed by atoms with Gasteiger partial charge in [0.1, 0.15) is 0 Å². The van der Waals surface area contributed by atoms with Crippen LogP contribution in [0.1, 0.15) is 46.8 Å².